The van der Waals surface area contributed by atoms with E-state index in [9.17, 15) is 0 Å². The Morgan fingerprint density at radius 2 is 1.81 bits per heavy atom. The van der Waals surface area contributed by atoms with Crippen LogP contribution in [-0.4, -0.2) is 25.9 Å². The number of ether oxygens (including phenoxy) is 2. The van der Waals surface area contributed by atoms with Crippen LogP contribution in [0.1, 0.15) is 50.7 Å². The maximum Gasteiger partial charge on any atom is 0.122 e. The van der Waals surface area contributed by atoms with Crippen molar-refractivity contribution < 1.29 is 9.47 Å². The quantitative estimate of drug-likeness (QED) is 0.659. The molecule has 0 unspecified atom stereocenters. The highest BCUT2D eigenvalue weighted by molar-refractivity contribution is 5.40. The zero-order chi connectivity index (χ0) is 19.2. The van der Waals surface area contributed by atoms with E-state index in [1.807, 2.05) is 0 Å². The third-order valence-electron chi connectivity index (χ3n) is 6.12. The Hall–Kier alpha value is -1.84. The highest BCUT2D eigenvalue weighted by atomic mass is 16.5. The highest BCUT2D eigenvalue weighted by Gasteiger charge is 2.44. The summed E-state index contributed by atoms with van der Waals surface area (Å²) < 4.78 is 11.9. The van der Waals surface area contributed by atoms with Crippen LogP contribution in [-0.2, 0) is 16.7 Å². The molecule has 0 aromatic heterocycles. The zero-order valence-electron chi connectivity index (χ0n) is 17.0. The van der Waals surface area contributed by atoms with Crippen molar-refractivity contribution in [2.75, 3.05) is 20.3 Å². The highest BCUT2D eigenvalue weighted by Crippen LogP contribution is 2.47. The largest absolute Gasteiger partial charge is 0.496 e. The number of hydrogen-bond donors (Lipinski definition) is 1. The van der Waals surface area contributed by atoms with Crippen LogP contribution in [0.3, 0.4) is 0 Å². The molecule has 2 aromatic rings. The van der Waals surface area contributed by atoms with E-state index in [1.165, 1.54) is 11.1 Å². The number of rotatable bonds is 8. The van der Waals surface area contributed by atoms with Gasteiger partial charge in [0.15, 0.2) is 0 Å². The Morgan fingerprint density at radius 3 is 2.56 bits per heavy atom. The molecule has 0 bridgehead atoms. The van der Waals surface area contributed by atoms with Crippen LogP contribution >= 0.6 is 0 Å². The number of para-hydroxylation sites is 1. The number of hydrogen-bond acceptors (Lipinski definition) is 3. The van der Waals surface area contributed by atoms with Crippen molar-refractivity contribution in [1.82, 2.24) is 5.32 Å². The number of nitrogens with one attached hydrogen (secondary N) is 1. The number of benzene rings is 2. The van der Waals surface area contributed by atoms with Gasteiger partial charge in [-0.25, -0.2) is 0 Å². The summed E-state index contributed by atoms with van der Waals surface area (Å²) in [6.07, 6.45) is 4.18. The molecule has 1 aliphatic rings. The molecule has 2 aromatic carbocycles. The minimum atomic E-state index is -0.0709. The first kappa shape index (κ1) is 19.9. The summed E-state index contributed by atoms with van der Waals surface area (Å²) in [4.78, 5) is 0. The first-order valence-electron chi connectivity index (χ1n) is 10.1. The van der Waals surface area contributed by atoms with Gasteiger partial charge in [-0.2, -0.15) is 0 Å². The molecule has 1 heterocycles. The smallest absolute Gasteiger partial charge is 0.122 e. The lowest BCUT2D eigenvalue weighted by Crippen LogP contribution is -2.46. The number of methoxy groups -OCH3 is 1. The van der Waals surface area contributed by atoms with Crippen molar-refractivity contribution in [3.05, 3.63) is 65.7 Å². The standard InChI is InChI=1S/C24H33NO2/c1-4-23(2)19-24(15-17-27-23,21-12-8-9-13-22(21)26-3)14-16-25-18-20-10-6-5-7-11-20/h5-13,25H,4,14-19H2,1-3H3/t23-,24-/m0/s1. The van der Waals surface area contributed by atoms with Gasteiger partial charge in [0.25, 0.3) is 0 Å². The van der Waals surface area contributed by atoms with Crippen LogP contribution < -0.4 is 10.1 Å². The molecule has 0 aliphatic carbocycles. The van der Waals surface area contributed by atoms with E-state index in [0.29, 0.717) is 0 Å². The van der Waals surface area contributed by atoms with Crippen LogP contribution in [0.5, 0.6) is 5.75 Å². The molecule has 0 amide bonds. The maximum atomic E-state index is 6.18. The molecule has 2 atom stereocenters. The third-order valence-corrected chi connectivity index (χ3v) is 6.12. The zero-order valence-corrected chi connectivity index (χ0v) is 17.0. The van der Waals surface area contributed by atoms with Gasteiger partial charge >= 0.3 is 0 Å². The van der Waals surface area contributed by atoms with Gasteiger partial charge in [-0.1, -0.05) is 55.5 Å². The third kappa shape index (κ3) is 4.72. The van der Waals surface area contributed by atoms with Gasteiger partial charge in [-0.15, -0.1) is 0 Å². The van der Waals surface area contributed by atoms with Crippen molar-refractivity contribution in [3.63, 3.8) is 0 Å². The van der Waals surface area contributed by atoms with Gasteiger partial charge in [0.1, 0.15) is 5.75 Å². The van der Waals surface area contributed by atoms with Crippen LogP contribution in [0.4, 0.5) is 0 Å². The summed E-state index contributed by atoms with van der Waals surface area (Å²) in [7, 11) is 1.78. The molecule has 1 N–H and O–H groups in total. The molecule has 0 spiro atoms. The monoisotopic (exact) mass is 367 g/mol. The molecule has 3 heteroatoms. The molecule has 27 heavy (non-hydrogen) atoms. The second-order valence-electron chi connectivity index (χ2n) is 7.97. The molecule has 1 saturated heterocycles. The van der Waals surface area contributed by atoms with E-state index in [1.54, 1.807) is 7.11 Å². The van der Waals surface area contributed by atoms with Crippen molar-refractivity contribution >= 4 is 0 Å². The van der Waals surface area contributed by atoms with Gasteiger partial charge in [0.05, 0.1) is 12.7 Å². The Bertz CT molecular complexity index is 717. The molecular weight excluding hydrogens is 334 g/mol. The summed E-state index contributed by atoms with van der Waals surface area (Å²) in [6.45, 7) is 7.18. The summed E-state index contributed by atoms with van der Waals surface area (Å²) in [5.74, 6) is 1.00. The van der Waals surface area contributed by atoms with Crippen molar-refractivity contribution in [3.8, 4) is 5.75 Å². The van der Waals surface area contributed by atoms with Crippen LogP contribution in [0.2, 0.25) is 0 Å². The first-order chi connectivity index (χ1) is 13.1. The lowest BCUT2D eigenvalue weighted by atomic mass is 9.66. The van der Waals surface area contributed by atoms with E-state index in [4.69, 9.17) is 9.47 Å². The molecule has 1 fully saturated rings. The molecule has 3 nitrogen and oxygen atoms in total. The van der Waals surface area contributed by atoms with Gasteiger partial charge in [-0.05, 0) is 50.8 Å². The van der Waals surface area contributed by atoms with Crippen LogP contribution in [0.15, 0.2) is 54.6 Å². The van der Waals surface area contributed by atoms with Crippen molar-refractivity contribution in [2.45, 2.75) is 57.1 Å². The summed E-state index contributed by atoms with van der Waals surface area (Å²) in [6, 6.07) is 19.1. The van der Waals surface area contributed by atoms with E-state index < -0.39 is 0 Å². The summed E-state index contributed by atoms with van der Waals surface area (Å²) in [5, 5.41) is 3.64. The van der Waals surface area contributed by atoms with E-state index >= 15 is 0 Å². The SMILES string of the molecule is CC[C@@]1(C)C[C@@](CCNCc2ccccc2)(c2ccccc2OC)CCO1. The predicted octanol–water partition coefficient (Wildman–Crippen LogP) is 5.09. The molecule has 1 aliphatic heterocycles. The summed E-state index contributed by atoms with van der Waals surface area (Å²) >= 11 is 0. The van der Waals surface area contributed by atoms with E-state index in [0.717, 1.165) is 51.1 Å². The van der Waals surface area contributed by atoms with Gasteiger partial charge < -0.3 is 14.8 Å². The fourth-order valence-corrected chi connectivity index (χ4v) is 4.39. The normalized spacial score (nSPS) is 25.3. The Balaban J connectivity index is 1.78. The fourth-order valence-electron chi connectivity index (χ4n) is 4.39. The van der Waals surface area contributed by atoms with Crippen LogP contribution in [0, 0.1) is 0 Å². The predicted molar refractivity (Wildman–Crippen MR) is 111 cm³/mol. The minimum absolute atomic E-state index is 0.0709. The second kappa shape index (κ2) is 8.90. The van der Waals surface area contributed by atoms with Gasteiger partial charge in [-0.3, -0.25) is 0 Å². The molecule has 0 saturated carbocycles. The Morgan fingerprint density at radius 1 is 1.07 bits per heavy atom. The molecule has 0 radical (unpaired) electrons. The lowest BCUT2D eigenvalue weighted by molar-refractivity contribution is -0.0982. The summed E-state index contributed by atoms with van der Waals surface area (Å²) in [5.41, 5.74) is 2.67. The van der Waals surface area contributed by atoms with Crippen molar-refractivity contribution in [1.29, 1.82) is 0 Å². The van der Waals surface area contributed by atoms with Crippen LogP contribution in [0.25, 0.3) is 0 Å². The molecule has 3 rings (SSSR count). The Labute approximate surface area is 164 Å². The van der Waals surface area contributed by atoms with Gasteiger partial charge in [0.2, 0.25) is 0 Å². The second-order valence-corrected chi connectivity index (χ2v) is 7.97. The molecular formula is C24H33NO2. The van der Waals surface area contributed by atoms with E-state index in [2.05, 4.69) is 73.8 Å². The maximum absolute atomic E-state index is 6.18. The fraction of sp³-hybridized carbons (Fsp3) is 0.500. The average molecular weight is 368 g/mol. The van der Waals surface area contributed by atoms with Gasteiger partial charge in [0, 0.05) is 24.1 Å². The first-order valence-corrected chi connectivity index (χ1v) is 10.1. The lowest BCUT2D eigenvalue weighted by Gasteiger charge is -2.47. The van der Waals surface area contributed by atoms with E-state index in [-0.39, 0.29) is 11.0 Å². The minimum Gasteiger partial charge on any atom is -0.496 e. The van der Waals surface area contributed by atoms with Crippen molar-refractivity contribution in [2.24, 2.45) is 0 Å². The molecule has 146 valence electrons. The average Bonchev–Trinajstić information content (AvgIpc) is 2.72. The topological polar surface area (TPSA) is 30.5 Å². The Kier molecular flexibility index (Phi) is 6.56.